The smallest absolute Gasteiger partial charge is 0.248 e. The molecule has 1 heterocycles. The van der Waals surface area contributed by atoms with Crippen LogP contribution >= 0.6 is 0 Å². The van der Waals surface area contributed by atoms with Gasteiger partial charge in [0.25, 0.3) is 0 Å². The lowest BCUT2D eigenvalue weighted by atomic mass is 9.99. The Hall–Kier alpha value is -4.04. The number of fused-ring (bicyclic) bond motifs is 1. The number of carbonyl (C=O) groups excluding carboxylic acids is 1. The van der Waals surface area contributed by atoms with E-state index in [0.29, 0.717) is 34.9 Å². The van der Waals surface area contributed by atoms with Crippen molar-refractivity contribution in [2.75, 3.05) is 22.9 Å². The number of rotatable bonds is 8. The third-order valence-electron chi connectivity index (χ3n) is 5.27. The number of hydrogen-bond acceptors (Lipinski definition) is 5. The summed E-state index contributed by atoms with van der Waals surface area (Å²) in [7, 11) is -3.42. The maximum absolute atomic E-state index is 12.8. The first-order valence-electron chi connectivity index (χ1n) is 11.0. The highest BCUT2D eigenvalue weighted by atomic mass is 32.2. The summed E-state index contributed by atoms with van der Waals surface area (Å²) in [6, 6.07) is 20.3. The number of ether oxygens (including phenoxy) is 1. The van der Waals surface area contributed by atoms with Gasteiger partial charge in [-0.3, -0.25) is 9.52 Å². The van der Waals surface area contributed by atoms with E-state index in [1.54, 1.807) is 30.5 Å². The van der Waals surface area contributed by atoms with Crippen molar-refractivity contribution in [2.45, 2.75) is 13.8 Å². The Morgan fingerprint density at radius 1 is 1.03 bits per heavy atom. The average molecular weight is 491 g/mol. The molecular weight excluding hydrogens is 464 g/mol. The van der Waals surface area contributed by atoms with Gasteiger partial charge in [0.1, 0.15) is 11.3 Å². The first kappa shape index (κ1) is 24.1. The second kappa shape index (κ2) is 10.1. The fraction of sp³-hybridized carbons (Fsp3) is 0.148. The molecule has 2 N–H and O–H groups in total. The highest BCUT2D eigenvalue weighted by molar-refractivity contribution is 7.92. The molecule has 0 unspecified atom stereocenters. The Kier molecular flexibility index (Phi) is 6.93. The van der Waals surface area contributed by atoms with Gasteiger partial charge < -0.3 is 14.5 Å². The molecule has 0 fully saturated rings. The van der Waals surface area contributed by atoms with Gasteiger partial charge in [-0.1, -0.05) is 36.4 Å². The second-order valence-electron chi connectivity index (χ2n) is 8.06. The van der Waals surface area contributed by atoms with E-state index in [0.717, 1.165) is 28.3 Å². The number of hydrogen-bond donors (Lipinski definition) is 2. The SMILES string of the molecule is CCOc1cc2occ(-c3ccccc3)c2cc1/C(C)=C/C(=O)Nc1cccc(NS(C)(=O)=O)c1. The van der Waals surface area contributed by atoms with Crippen LogP contribution in [0.4, 0.5) is 11.4 Å². The first-order chi connectivity index (χ1) is 16.7. The number of carbonyl (C=O) groups is 1. The summed E-state index contributed by atoms with van der Waals surface area (Å²) in [5.74, 6) is 0.270. The van der Waals surface area contributed by atoms with Crippen molar-refractivity contribution in [2.24, 2.45) is 0 Å². The normalized spacial score (nSPS) is 11.9. The number of amides is 1. The molecule has 4 aromatic rings. The molecule has 0 saturated carbocycles. The number of allylic oxidation sites excluding steroid dienone is 1. The van der Waals surface area contributed by atoms with Crippen molar-refractivity contribution in [3.63, 3.8) is 0 Å². The van der Waals surface area contributed by atoms with Gasteiger partial charge >= 0.3 is 0 Å². The van der Waals surface area contributed by atoms with Gasteiger partial charge in [0.2, 0.25) is 15.9 Å². The van der Waals surface area contributed by atoms with Crippen molar-refractivity contribution in [3.05, 3.63) is 84.6 Å². The Morgan fingerprint density at radius 2 is 1.77 bits per heavy atom. The third-order valence-corrected chi connectivity index (χ3v) is 5.87. The fourth-order valence-electron chi connectivity index (χ4n) is 3.81. The Labute approximate surface area is 204 Å². The van der Waals surface area contributed by atoms with E-state index in [9.17, 15) is 13.2 Å². The number of nitrogens with one attached hydrogen (secondary N) is 2. The van der Waals surface area contributed by atoms with E-state index >= 15 is 0 Å². The van der Waals surface area contributed by atoms with Gasteiger partial charge in [0, 0.05) is 34.3 Å². The largest absolute Gasteiger partial charge is 0.493 e. The quantitative estimate of drug-likeness (QED) is 0.299. The fourth-order valence-corrected chi connectivity index (χ4v) is 4.36. The maximum Gasteiger partial charge on any atom is 0.248 e. The van der Waals surface area contributed by atoms with Gasteiger partial charge in [0.15, 0.2) is 0 Å². The summed E-state index contributed by atoms with van der Waals surface area (Å²) >= 11 is 0. The molecule has 3 aromatic carbocycles. The van der Waals surface area contributed by atoms with Gasteiger partial charge in [-0.15, -0.1) is 0 Å². The molecule has 0 aliphatic carbocycles. The van der Waals surface area contributed by atoms with Crippen molar-refractivity contribution in [1.82, 2.24) is 0 Å². The van der Waals surface area contributed by atoms with Crippen molar-refractivity contribution >= 4 is 43.8 Å². The number of anilines is 2. The minimum atomic E-state index is -3.42. The molecule has 8 heteroatoms. The molecule has 0 aliphatic rings. The van der Waals surface area contributed by atoms with Crippen molar-refractivity contribution < 1.29 is 22.4 Å². The van der Waals surface area contributed by atoms with Gasteiger partial charge in [-0.2, -0.15) is 0 Å². The number of furan rings is 1. The molecule has 0 saturated heterocycles. The van der Waals surface area contributed by atoms with Crippen LogP contribution in [0.25, 0.3) is 27.7 Å². The van der Waals surface area contributed by atoms with Crippen LogP contribution < -0.4 is 14.8 Å². The Balaban J connectivity index is 1.65. The van der Waals surface area contributed by atoms with Crippen LogP contribution in [0.5, 0.6) is 5.75 Å². The highest BCUT2D eigenvalue weighted by Crippen LogP contribution is 2.37. The maximum atomic E-state index is 12.8. The Morgan fingerprint density at radius 3 is 2.49 bits per heavy atom. The molecule has 1 aromatic heterocycles. The minimum Gasteiger partial charge on any atom is -0.493 e. The molecule has 7 nitrogen and oxygen atoms in total. The van der Waals surface area contributed by atoms with E-state index in [4.69, 9.17) is 9.15 Å². The van der Waals surface area contributed by atoms with E-state index in [-0.39, 0.29) is 5.91 Å². The lowest BCUT2D eigenvalue weighted by Crippen LogP contribution is -2.11. The summed E-state index contributed by atoms with van der Waals surface area (Å²) in [5.41, 5.74) is 5.00. The molecule has 4 rings (SSSR count). The lowest BCUT2D eigenvalue weighted by molar-refractivity contribution is -0.111. The van der Waals surface area contributed by atoms with Crippen LogP contribution in [0.1, 0.15) is 19.4 Å². The van der Waals surface area contributed by atoms with Crippen LogP contribution in [0, 0.1) is 0 Å². The topological polar surface area (TPSA) is 97.6 Å². The molecular formula is C27H26N2O5S. The molecule has 35 heavy (non-hydrogen) atoms. The molecule has 0 atom stereocenters. The molecule has 1 amide bonds. The predicted octanol–water partition coefficient (Wildman–Crippen LogP) is 5.91. The summed E-state index contributed by atoms with van der Waals surface area (Å²) in [4.78, 5) is 12.8. The summed E-state index contributed by atoms with van der Waals surface area (Å²) in [6.07, 6.45) is 4.28. The number of sulfonamides is 1. The van der Waals surface area contributed by atoms with Gasteiger partial charge in [0.05, 0.1) is 24.8 Å². The van der Waals surface area contributed by atoms with Crippen molar-refractivity contribution in [1.29, 1.82) is 0 Å². The van der Waals surface area contributed by atoms with Crippen LogP contribution in [0.3, 0.4) is 0 Å². The van der Waals surface area contributed by atoms with Crippen LogP contribution in [0.15, 0.2) is 83.5 Å². The highest BCUT2D eigenvalue weighted by Gasteiger charge is 2.15. The zero-order valence-electron chi connectivity index (χ0n) is 19.7. The molecule has 0 bridgehead atoms. The zero-order chi connectivity index (χ0) is 25.0. The van der Waals surface area contributed by atoms with Gasteiger partial charge in [-0.05, 0) is 49.2 Å². The predicted molar refractivity (Wildman–Crippen MR) is 140 cm³/mol. The van der Waals surface area contributed by atoms with Crippen LogP contribution in [0.2, 0.25) is 0 Å². The summed E-state index contributed by atoms with van der Waals surface area (Å²) in [6.45, 7) is 4.20. The zero-order valence-corrected chi connectivity index (χ0v) is 20.5. The van der Waals surface area contributed by atoms with Gasteiger partial charge in [-0.25, -0.2) is 8.42 Å². The average Bonchev–Trinajstić information content (AvgIpc) is 3.21. The van der Waals surface area contributed by atoms with E-state index < -0.39 is 10.0 Å². The van der Waals surface area contributed by atoms with Crippen molar-refractivity contribution in [3.8, 4) is 16.9 Å². The molecule has 0 spiro atoms. The minimum absolute atomic E-state index is 0.350. The Bertz CT molecular complexity index is 1510. The molecule has 180 valence electrons. The van der Waals surface area contributed by atoms with E-state index in [1.807, 2.05) is 56.3 Å². The summed E-state index contributed by atoms with van der Waals surface area (Å²) in [5, 5.41) is 3.70. The summed E-state index contributed by atoms with van der Waals surface area (Å²) < 4.78 is 37.0. The molecule has 0 radical (unpaired) electrons. The second-order valence-corrected chi connectivity index (χ2v) is 9.81. The third kappa shape index (κ3) is 5.91. The van der Waals surface area contributed by atoms with E-state index in [2.05, 4.69) is 10.0 Å². The standard InChI is InChI=1S/C27H26N2O5S/c1-4-33-25-16-26-23(24(17-34-26)19-9-6-5-7-10-19)15-22(25)18(2)13-27(30)28-20-11-8-12-21(14-20)29-35(3,31)32/h5-17,29H,4H2,1-3H3,(H,28,30)/b18-13+. The first-order valence-corrected chi connectivity index (χ1v) is 12.9. The van der Waals surface area contributed by atoms with E-state index in [1.165, 1.54) is 6.08 Å². The van der Waals surface area contributed by atoms with Crippen LogP contribution in [-0.2, 0) is 14.8 Å². The monoisotopic (exact) mass is 490 g/mol. The molecule has 0 aliphatic heterocycles. The number of benzene rings is 3. The lowest BCUT2D eigenvalue weighted by Gasteiger charge is -2.12. The van der Waals surface area contributed by atoms with Crippen LogP contribution in [-0.4, -0.2) is 27.2 Å².